The molecule has 0 spiro atoms. The van der Waals surface area contributed by atoms with Crippen molar-refractivity contribution in [3.8, 4) is 5.75 Å². The van der Waals surface area contributed by atoms with Crippen LogP contribution < -0.4 is 4.74 Å². The molecule has 0 aromatic heterocycles. The maximum absolute atomic E-state index is 11.2. The summed E-state index contributed by atoms with van der Waals surface area (Å²) in [6, 6.07) is 11.8. The molecular formula is C15H13IO4. The van der Waals surface area contributed by atoms with E-state index in [0.29, 0.717) is 16.9 Å². The quantitative estimate of drug-likeness (QED) is 0.796. The predicted octanol–water partition coefficient (Wildman–Crippen LogP) is 3.08. The van der Waals surface area contributed by atoms with Gasteiger partial charge in [-0.15, -0.1) is 0 Å². The van der Waals surface area contributed by atoms with Gasteiger partial charge in [-0.2, -0.15) is 0 Å². The Kier molecular flexibility index (Phi) is 4.61. The molecule has 0 aliphatic carbocycles. The van der Waals surface area contributed by atoms with E-state index in [4.69, 9.17) is 4.74 Å². The van der Waals surface area contributed by atoms with Gasteiger partial charge in [0, 0.05) is 9.13 Å². The van der Waals surface area contributed by atoms with Crippen molar-refractivity contribution >= 4 is 28.6 Å². The number of carbonyl (C=O) groups is 1. The van der Waals surface area contributed by atoms with Crippen LogP contribution in [-0.4, -0.2) is 23.3 Å². The molecule has 2 aromatic rings. The van der Waals surface area contributed by atoms with Gasteiger partial charge in [0.15, 0.2) is 0 Å². The summed E-state index contributed by atoms with van der Waals surface area (Å²) >= 11 is 2.13. The van der Waals surface area contributed by atoms with Gasteiger partial charge in [-0.05, 0) is 52.4 Å². The van der Waals surface area contributed by atoms with Crippen molar-refractivity contribution in [2.75, 3.05) is 7.11 Å². The van der Waals surface area contributed by atoms with Crippen LogP contribution in [0.15, 0.2) is 42.5 Å². The van der Waals surface area contributed by atoms with Gasteiger partial charge in [0.2, 0.25) is 0 Å². The number of rotatable bonds is 4. The van der Waals surface area contributed by atoms with Crippen LogP contribution in [0, 0.1) is 3.57 Å². The summed E-state index contributed by atoms with van der Waals surface area (Å²) in [4.78, 5) is 11.2. The fourth-order valence-corrected chi connectivity index (χ4v) is 2.53. The van der Waals surface area contributed by atoms with Crippen LogP contribution in [0.3, 0.4) is 0 Å². The number of halogens is 1. The van der Waals surface area contributed by atoms with Crippen LogP contribution in [-0.2, 0) is 0 Å². The standard InChI is InChI=1S/C15H13IO4/c1-20-13-7-6-9(16)8-12(13)14(17)10-4-2-3-5-11(10)15(18)19/h2-8,14,17H,1H3,(H,18,19). The maximum atomic E-state index is 11.2. The average molecular weight is 384 g/mol. The average Bonchev–Trinajstić information content (AvgIpc) is 2.46. The molecule has 0 amide bonds. The molecule has 104 valence electrons. The van der Waals surface area contributed by atoms with Crippen molar-refractivity contribution in [2.24, 2.45) is 0 Å². The summed E-state index contributed by atoms with van der Waals surface area (Å²) in [5.41, 5.74) is 0.981. The molecule has 2 rings (SSSR count). The molecule has 0 saturated carbocycles. The second-order valence-corrected chi connectivity index (χ2v) is 5.43. The van der Waals surface area contributed by atoms with Gasteiger partial charge in [-0.3, -0.25) is 0 Å². The zero-order valence-electron chi connectivity index (χ0n) is 10.7. The van der Waals surface area contributed by atoms with Crippen molar-refractivity contribution in [1.29, 1.82) is 0 Å². The molecule has 0 fully saturated rings. The molecule has 5 heteroatoms. The Morgan fingerprint density at radius 1 is 1.20 bits per heavy atom. The summed E-state index contributed by atoms with van der Waals surface area (Å²) in [6.45, 7) is 0. The van der Waals surface area contributed by atoms with Crippen molar-refractivity contribution in [2.45, 2.75) is 6.10 Å². The minimum absolute atomic E-state index is 0.0842. The Bertz CT molecular complexity index is 640. The molecule has 1 unspecified atom stereocenters. The lowest BCUT2D eigenvalue weighted by molar-refractivity contribution is 0.0691. The topological polar surface area (TPSA) is 66.8 Å². The van der Waals surface area contributed by atoms with Crippen LogP contribution in [0.1, 0.15) is 27.6 Å². The summed E-state index contributed by atoms with van der Waals surface area (Å²) in [7, 11) is 1.52. The van der Waals surface area contributed by atoms with E-state index >= 15 is 0 Å². The van der Waals surface area contributed by atoms with Crippen LogP contribution in [0.25, 0.3) is 0 Å². The minimum Gasteiger partial charge on any atom is -0.496 e. The predicted molar refractivity (Wildman–Crippen MR) is 83.2 cm³/mol. The van der Waals surface area contributed by atoms with Crippen molar-refractivity contribution in [3.63, 3.8) is 0 Å². The van der Waals surface area contributed by atoms with Crippen LogP contribution in [0.5, 0.6) is 5.75 Å². The van der Waals surface area contributed by atoms with Crippen LogP contribution >= 0.6 is 22.6 Å². The first-order chi connectivity index (χ1) is 9.54. The Morgan fingerprint density at radius 2 is 1.90 bits per heavy atom. The number of aliphatic hydroxyl groups excluding tert-OH is 1. The highest BCUT2D eigenvalue weighted by molar-refractivity contribution is 14.1. The molecule has 2 N–H and O–H groups in total. The summed E-state index contributed by atoms with van der Waals surface area (Å²) in [5, 5.41) is 19.7. The molecule has 1 atom stereocenters. The van der Waals surface area contributed by atoms with E-state index in [1.807, 2.05) is 6.07 Å². The van der Waals surface area contributed by atoms with Gasteiger partial charge in [-0.25, -0.2) is 4.79 Å². The first kappa shape index (κ1) is 14.8. The Hall–Kier alpha value is -1.60. The van der Waals surface area contributed by atoms with E-state index in [9.17, 15) is 15.0 Å². The Labute approximate surface area is 130 Å². The van der Waals surface area contributed by atoms with Crippen LogP contribution in [0.4, 0.5) is 0 Å². The number of hydrogen-bond donors (Lipinski definition) is 2. The number of methoxy groups -OCH3 is 1. The molecular weight excluding hydrogens is 371 g/mol. The van der Waals surface area contributed by atoms with Crippen molar-refractivity contribution in [1.82, 2.24) is 0 Å². The molecule has 20 heavy (non-hydrogen) atoms. The normalized spacial score (nSPS) is 11.9. The molecule has 0 heterocycles. The van der Waals surface area contributed by atoms with Crippen molar-refractivity contribution < 1.29 is 19.7 Å². The largest absolute Gasteiger partial charge is 0.496 e. The monoisotopic (exact) mass is 384 g/mol. The summed E-state index contributed by atoms with van der Waals surface area (Å²) in [5.74, 6) is -0.539. The van der Waals surface area contributed by atoms with E-state index in [2.05, 4.69) is 22.6 Å². The lowest BCUT2D eigenvalue weighted by atomic mass is 9.96. The molecule has 0 radical (unpaired) electrons. The van der Waals surface area contributed by atoms with Gasteiger partial charge in [-0.1, -0.05) is 18.2 Å². The second-order valence-electron chi connectivity index (χ2n) is 4.18. The van der Waals surface area contributed by atoms with E-state index in [-0.39, 0.29) is 5.56 Å². The van der Waals surface area contributed by atoms with Gasteiger partial charge in [0.05, 0.1) is 12.7 Å². The summed E-state index contributed by atoms with van der Waals surface area (Å²) < 4.78 is 6.17. The third-order valence-electron chi connectivity index (χ3n) is 2.97. The summed E-state index contributed by atoms with van der Waals surface area (Å²) in [6.07, 6.45) is -1.05. The van der Waals surface area contributed by atoms with E-state index in [0.717, 1.165) is 3.57 Å². The highest BCUT2D eigenvalue weighted by atomic mass is 127. The van der Waals surface area contributed by atoms with Gasteiger partial charge in [0.1, 0.15) is 11.9 Å². The molecule has 4 nitrogen and oxygen atoms in total. The molecule has 0 bridgehead atoms. The highest BCUT2D eigenvalue weighted by Crippen LogP contribution is 2.32. The van der Waals surface area contributed by atoms with E-state index in [1.54, 1.807) is 30.3 Å². The Balaban J connectivity index is 2.54. The number of carboxylic acids is 1. The lowest BCUT2D eigenvalue weighted by Crippen LogP contribution is -2.09. The molecule has 2 aromatic carbocycles. The number of ether oxygens (including phenoxy) is 1. The fraction of sp³-hybridized carbons (Fsp3) is 0.133. The van der Waals surface area contributed by atoms with Gasteiger partial charge < -0.3 is 14.9 Å². The van der Waals surface area contributed by atoms with Crippen LogP contribution in [0.2, 0.25) is 0 Å². The second kappa shape index (κ2) is 6.23. The Morgan fingerprint density at radius 3 is 2.55 bits per heavy atom. The first-order valence-electron chi connectivity index (χ1n) is 5.88. The highest BCUT2D eigenvalue weighted by Gasteiger charge is 2.21. The number of benzene rings is 2. The number of aliphatic hydroxyl groups is 1. The lowest BCUT2D eigenvalue weighted by Gasteiger charge is -2.17. The zero-order chi connectivity index (χ0) is 14.7. The number of carboxylic acid groups (broad SMARTS) is 1. The third-order valence-corrected chi connectivity index (χ3v) is 3.64. The van der Waals surface area contributed by atoms with Gasteiger partial charge >= 0.3 is 5.97 Å². The first-order valence-corrected chi connectivity index (χ1v) is 6.96. The molecule has 0 aliphatic heterocycles. The molecule has 0 aliphatic rings. The molecule has 0 saturated heterocycles. The maximum Gasteiger partial charge on any atom is 0.336 e. The number of aromatic carboxylic acids is 1. The smallest absolute Gasteiger partial charge is 0.336 e. The SMILES string of the molecule is COc1ccc(I)cc1C(O)c1ccccc1C(=O)O. The number of hydrogen-bond acceptors (Lipinski definition) is 3. The van der Waals surface area contributed by atoms with Gasteiger partial charge in [0.25, 0.3) is 0 Å². The van der Waals surface area contributed by atoms with Crippen molar-refractivity contribution in [3.05, 3.63) is 62.7 Å². The van der Waals surface area contributed by atoms with E-state index < -0.39 is 12.1 Å². The van der Waals surface area contributed by atoms with E-state index in [1.165, 1.54) is 13.2 Å². The minimum atomic E-state index is -1.07. The third kappa shape index (κ3) is 2.94. The zero-order valence-corrected chi connectivity index (χ0v) is 12.9. The fourth-order valence-electron chi connectivity index (χ4n) is 2.02.